The fourth-order valence-electron chi connectivity index (χ4n) is 4.09. The van der Waals surface area contributed by atoms with Gasteiger partial charge in [-0.15, -0.1) is 11.8 Å². The van der Waals surface area contributed by atoms with Gasteiger partial charge in [-0.05, 0) is 49.1 Å². The molecule has 5 rings (SSSR count). The number of carbonyl (C=O) groups is 1. The fraction of sp³-hybridized carbons (Fsp3) is 0.208. The van der Waals surface area contributed by atoms with Gasteiger partial charge in [-0.2, -0.15) is 0 Å². The second-order valence-electron chi connectivity index (χ2n) is 7.47. The number of allylic oxidation sites excluding steroid dienone is 1. The minimum atomic E-state index is -0.118. The molecule has 4 heteroatoms. The maximum absolute atomic E-state index is 13.3. The van der Waals surface area contributed by atoms with Gasteiger partial charge in [0.05, 0.1) is 17.2 Å². The molecule has 0 saturated heterocycles. The zero-order chi connectivity index (χ0) is 19.1. The van der Waals surface area contributed by atoms with E-state index in [0.717, 1.165) is 34.0 Å². The number of carbonyl (C=O) groups excluding carboxylic acids is 1. The summed E-state index contributed by atoms with van der Waals surface area (Å²) in [4.78, 5) is 14.5. The van der Waals surface area contributed by atoms with Crippen molar-refractivity contribution in [3.63, 3.8) is 0 Å². The van der Waals surface area contributed by atoms with Crippen molar-refractivity contribution >= 4 is 23.2 Å². The number of ketones is 1. The zero-order valence-corrected chi connectivity index (χ0v) is 16.5. The first-order valence-electron chi connectivity index (χ1n) is 9.58. The monoisotopic (exact) mass is 387 g/mol. The number of benzene rings is 2. The molecular formula is C24H21NO2S. The zero-order valence-electron chi connectivity index (χ0n) is 15.6. The molecule has 28 heavy (non-hydrogen) atoms. The molecule has 140 valence electrons. The molecule has 2 aliphatic rings. The van der Waals surface area contributed by atoms with E-state index < -0.39 is 0 Å². The van der Waals surface area contributed by atoms with E-state index in [2.05, 4.69) is 48.6 Å². The third-order valence-electron chi connectivity index (χ3n) is 5.54. The molecule has 1 N–H and O–H groups in total. The van der Waals surface area contributed by atoms with E-state index in [1.54, 1.807) is 18.0 Å². The van der Waals surface area contributed by atoms with Gasteiger partial charge in [-0.1, -0.05) is 42.0 Å². The van der Waals surface area contributed by atoms with E-state index in [0.29, 0.717) is 6.42 Å². The molecule has 0 saturated carbocycles. The topological polar surface area (TPSA) is 42.2 Å². The number of aryl methyl sites for hydroxylation is 1. The molecule has 1 aromatic heterocycles. The average Bonchev–Trinajstić information content (AvgIpc) is 3.17. The van der Waals surface area contributed by atoms with Crippen molar-refractivity contribution in [1.82, 2.24) is 0 Å². The number of hydrogen-bond donors (Lipinski definition) is 1. The fourth-order valence-corrected chi connectivity index (χ4v) is 5.39. The Bertz CT molecular complexity index is 1050. The van der Waals surface area contributed by atoms with Gasteiger partial charge in [0.1, 0.15) is 5.76 Å². The Kier molecular flexibility index (Phi) is 4.36. The van der Waals surface area contributed by atoms with Crippen molar-refractivity contribution in [1.29, 1.82) is 0 Å². The van der Waals surface area contributed by atoms with Crippen LogP contribution in [0.25, 0.3) is 0 Å². The molecular weight excluding hydrogens is 366 g/mol. The molecule has 0 bridgehead atoms. The highest BCUT2D eigenvalue weighted by molar-refractivity contribution is 8.00. The lowest BCUT2D eigenvalue weighted by Gasteiger charge is -2.28. The Morgan fingerprint density at radius 2 is 1.82 bits per heavy atom. The Labute approximate surface area is 168 Å². The average molecular weight is 388 g/mol. The number of nitrogens with one attached hydrogen (secondary N) is 1. The second-order valence-corrected chi connectivity index (χ2v) is 8.61. The van der Waals surface area contributed by atoms with Crippen LogP contribution in [0.5, 0.6) is 0 Å². The number of hydrogen-bond acceptors (Lipinski definition) is 4. The number of thioether (sulfide) groups is 1. The first kappa shape index (κ1) is 17.4. The molecule has 0 fully saturated rings. The number of rotatable bonds is 2. The minimum absolute atomic E-state index is 0.118. The summed E-state index contributed by atoms with van der Waals surface area (Å²) >= 11 is 1.69. The number of para-hydroxylation sites is 1. The first-order valence-corrected chi connectivity index (χ1v) is 10.5. The number of furan rings is 1. The lowest BCUT2D eigenvalue weighted by molar-refractivity contribution is -0.116. The molecule has 0 amide bonds. The SMILES string of the molecule is Cc1ccc(C2CC(=O)C3=C(C2)Nc2ccccc2SC3c2ccco2)cc1. The molecule has 3 nitrogen and oxygen atoms in total. The summed E-state index contributed by atoms with van der Waals surface area (Å²) in [7, 11) is 0. The molecule has 3 aromatic rings. The van der Waals surface area contributed by atoms with Crippen molar-refractivity contribution in [2.75, 3.05) is 5.32 Å². The first-order chi connectivity index (χ1) is 13.7. The Hall–Kier alpha value is -2.72. The van der Waals surface area contributed by atoms with Crippen LogP contribution in [-0.4, -0.2) is 5.78 Å². The second kappa shape index (κ2) is 7.02. The van der Waals surface area contributed by atoms with E-state index >= 15 is 0 Å². The summed E-state index contributed by atoms with van der Waals surface area (Å²) in [6.45, 7) is 2.09. The largest absolute Gasteiger partial charge is 0.468 e. The Balaban J connectivity index is 1.59. The van der Waals surface area contributed by atoms with Crippen LogP contribution in [0.3, 0.4) is 0 Å². The van der Waals surface area contributed by atoms with Gasteiger partial charge in [0.15, 0.2) is 5.78 Å². The van der Waals surface area contributed by atoms with E-state index in [4.69, 9.17) is 4.42 Å². The maximum Gasteiger partial charge on any atom is 0.162 e. The number of Topliss-reactive ketones (excluding diaryl/α,β-unsaturated/α-hetero) is 1. The molecule has 0 radical (unpaired) electrons. The predicted molar refractivity (Wildman–Crippen MR) is 113 cm³/mol. The summed E-state index contributed by atoms with van der Waals surface area (Å²) in [6.07, 6.45) is 3.05. The van der Waals surface area contributed by atoms with E-state index in [1.165, 1.54) is 11.1 Å². The molecule has 2 aromatic carbocycles. The van der Waals surface area contributed by atoms with Gasteiger partial charge in [-0.25, -0.2) is 0 Å². The molecule has 1 aliphatic heterocycles. The maximum atomic E-state index is 13.3. The van der Waals surface area contributed by atoms with E-state index in [-0.39, 0.29) is 17.0 Å². The third kappa shape index (κ3) is 3.08. The van der Waals surface area contributed by atoms with Crippen LogP contribution in [0.2, 0.25) is 0 Å². The Morgan fingerprint density at radius 1 is 1.00 bits per heavy atom. The molecule has 0 spiro atoms. The van der Waals surface area contributed by atoms with Crippen LogP contribution < -0.4 is 5.32 Å². The number of anilines is 1. The quantitative estimate of drug-likeness (QED) is 0.564. The van der Waals surface area contributed by atoms with Gasteiger partial charge in [0.25, 0.3) is 0 Å². The van der Waals surface area contributed by atoms with Crippen molar-refractivity contribution < 1.29 is 9.21 Å². The standard InChI is InChI=1S/C24H21NO2S/c1-15-8-10-16(11-9-15)17-13-19-23(20(26)14-17)24(21-6-4-12-27-21)28-22-7-3-2-5-18(22)25-19/h2-12,17,24-25H,13-14H2,1H3. The van der Waals surface area contributed by atoms with Crippen LogP contribution in [0.1, 0.15) is 40.9 Å². The van der Waals surface area contributed by atoms with Gasteiger partial charge >= 0.3 is 0 Å². The smallest absolute Gasteiger partial charge is 0.162 e. The molecule has 2 unspecified atom stereocenters. The summed E-state index contributed by atoms with van der Waals surface area (Å²) in [5.41, 5.74) is 5.42. The van der Waals surface area contributed by atoms with Crippen LogP contribution in [0.4, 0.5) is 5.69 Å². The highest BCUT2D eigenvalue weighted by Crippen LogP contribution is 2.51. The van der Waals surface area contributed by atoms with Crippen LogP contribution in [0.15, 0.2) is 87.5 Å². The van der Waals surface area contributed by atoms with Gasteiger partial charge in [0, 0.05) is 22.6 Å². The highest BCUT2D eigenvalue weighted by atomic mass is 32.2. The van der Waals surface area contributed by atoms with Gasteiger partial charge in [-0.3, -0.25) is 4.79 Å². The van der Waals surface area contributed by atoms with Crippen molar-refractivity contribution in [2.45, 2.75) is 35.8 Å². The molecule has 2 heterocycles. The summed E-state index contributed by atoms with van der Waals surface area (Å²) in [5, 5.41) is 3.47. The van der Waals surface area contributed by atoms with Crippen molar-refractivity contribution in [3.8, 4) is 0 Å². The minimum Gasteiger partial charge on any atom is -0.468 e. The van der Waals surface area contributed by atoms with Crippen LogP contribution >= 0.6 is 11.8 Å². The molecule has 2 atom stereocenters. The number of fused-ring (bicyclic) bond motifs is 1. The normalized spacial score (nSPS) is 21.5. The van der Waals surface area contributed by atoms with Gasteiger partial charge in [0.2, 0.25) is 0 Å². The predicted octanol–water partition coefficient (Wildman–Crippen LogP) is 6.25. The van der Waals surface area contributed by atoms with Crippen LogP contribution in [0, 0.1) is 6.92 Å². The summed E-state index contributed by atoms with van der Waals surface area (Å²) in [5.74, 6) is 1.24. The van der Waals surface area contributed by atoms with E-state index in [9.17, 15) is 4.79 Å². The van der Waals surface area contributed by atoms with Crippen molar-refractivity contribution in [3.05, 3.63) is 95.1 Å². The third-order valence-corrected chi connectivity index (χ3v) is 6.85. The summed E-state index contributed by atoms with van der Waals surface area (Å²) < 4.78 is 5.73. The summed E-state index contributed by atoms with van der Waals surface area (Å²) in [6, 6.07) is 20.7. The Morgan fingerprint density at radius 3 is 2.61 bits per heavy atom. The lowest BCUT2D eigenvalue weighted by Crippen LogP contribution is -2.23. The lowest BCUT2D eigenvalue weighted by atomic mass is 9.80. The van der Waals surface area contributed by atoms with Crippen molar-refractivity contribution in [2.24, 2.45) is 0 Å². The van der Waals surface area contributed by atoms with E-state index in [1.807, 2.05) is 24.3 Å². The highest BCUT2D eigenvalue weighted by Gasteiger charge is 2.37. The molecule has 1 aliphatic carbocycles. The van der Waals surface area contributed by atoms with Crippen LogP contribution in [-0.2, 0) is 4.79 Å². The van der Waals surface area contributed by atoms with Gasteiger partial charge < -0.3 is 9.73 Å².